The maximum absolute atomic E-state index is 11.9. The van der Waals surface area contributed by atoms with Crippen LogP contribution in [0, 0.1) is 6.92 Å². The molecule has 0 heterocycles. The third kappa shape index (κ3) is 5.10. The molecule has 122 valence electrons. The molecule has 0 radical (unpaired) electrons. The van der Waals surface area contributed by atoms with Crippen molar-refractivity contribution in [1.82, 2.24) is 5.32 Å². The molecule has 0 bridgehead atoms. The van der Waals surface area contributed by atoms with Crippen LogP contribution in [0.15, 0.2) is 53.4 Å². The molecule has 2 rings (SSSR count). The van der Waals surface area contributed by atoms with Gasteiger partial charge >= 0.3 is 6.03 Å². The fourth-order valence-electron chi connectivity index (χ4n) is 2.25. The van der Waals surface area contributed by atoms with Crippen molar-refractivity contribution in [3.05, 3.63) is 59.7 Å². The number of anilines is 1. The third-order valence-corrected chi connectivity index (χ3v) is 4.47. The Hall–Kier alpha value is -2.34. The lowest BCUT2D eigenvalue weighted by Gasteiger charge is -2.11. The average molecular weight is 332 g/mol. The average Bonchev–Trinajstić information content (AvgIpc) is 2.47. The van der Waals surface area contributed by atoms with E-state index in [2.05, 4.69) is 16.7 Å². The Bertz CT molecular complexity index is 801. The maximum atomic E-state index is 11.9. The van der Waals surface area contributed by atoms with Crippen LogP contribution in [0.4, 0.5) is 10.5 Å². The van der Waals surface area contributed by atoms with Gasteiger partial charge < -0.3 is 10.6 Å². The number of benzene rings is 2. The zero-order valence-electron chi connectivity index (χ0n) is 13.2. The molecule has 2 N–H and O–H groups in total. The molecular formula is C17H20N2O3S. The lowest BCUT2D eigenvalue weighted by molar-refractivity contribution is 0.252. The number of carbonyl (C=O) groups is 1. The number of nitrogens with one attached hydrogen (secondary N) is 2. The summed E-state index contributed by atoms with van der Waals surface area (Å²) in [6, 6.07) is 14.0. The van der Waals surface area contributed by atoms with Crippen LogP contribution in [0.25, 0.3) is 0 Å². The highest BCUT2D eigenvalue weighted by molar-refractivity contribution is 7.90. The monoisotopic (exact) mass is 332 g/mol. The van der Waals surface area contributed by atoms with Crippen LogP contribution >= 0.6 is 0 Å². The smallest absolute Gasteiger partial charge is 0.319 e. The summed E-state index contributed by atoms with van der Waals surface area (Å²) in [5.74, 6) is 0. The molecule has 2 aromatic carbocycles. The van der Waals surface area contributed by atoms with Gasteiger partial charge in [0.25, 0.3) is 0 Å². The van der Waals surface area contributed by atoms with E-state index in [0.29, 0.717) is 13.0 Å². The standard InChI is InChI=1S/C17H20N2O3S/c1-13-6-5-7-14(12-13)10-11-18-17(20)19-15-8-3-4-9-16(15)23(2,21)22/h3-9,12H,10-11H2,1-2H3,(H2,18,19,20). The summed E-state index contributed by atoms with van der Waals surface area (Å²) >= 11 is 0. The number of carbonyl (C=O) groups excluding carboxylic acids is 1. The number of urea groups is 1. The second kappa shape index (κ2) is 7.28. The molecule has 2 amide bonds. The molecule has 0 aliphatic carbocycles. The van der Waals surface area contributed by atoms with Gasteiger partial charge in [0.2, 0.25) is 0 Å². The van der Waals surface area contributed by atoms with Crippen molar-refractivity contribution < 1.29 is 13.2 Å². The van der Waals surface area contributed by atoms with E-state index in [-0.39, 0.29) is 10.6 Å². The molecule has 0 aliphatic heterocycles. The molecule has 5 nitrogen and oxygen atoms in total. The fourth-order valence-corrected chi connectivity index (χ4v) is 3.09. The van der Waals surface area contributed by atoms with E-state index in [1.807, 2.05) is 25.1 Å². The zero-order chi connectivity index (χ0) is 16.9. The van der Waals surface area contributed by atoms with Crippen molar-refractivity contribution in [3.8, 4) is 0 Å². The topological polar surface area (TPSA) is 75.3 Å². The molecule has 6 heteroatoms. The number of sulfone groups is 1. The SMILES string of the molecule is Cc1cccc(CCNC(=O)Nc2ccccc2S(C)(=O)=O)c1. The van der Waals surface area contributed by atoms with Crippen molar-refractivity contribution in [1.29, 1.82) is 0 Å². The molecule has 0 fully saturated rings. The Balaban J connectivity index is 1.93. The predicted octanol–water partition coefficient (Wildman–Crippen LogP) is 2.76. The highest BCUT2D eigenvalue weighted by Crippen LogP contribution is 2.20. The van der Waals surface area contributed by atoms with Crippen molar-refractivity contribution in [2.45, 2.75) is 18.2 Å². The number of amides is 2. The summed E-state index contributed by atoms with van der Waals surface area (Å²) in [7, 11) is -3.39. The minimum atomic E-state index is -3.39. The van der Waals surface area contributed by atoms with E-state index < -0.39 is 15.9 Å². The molecule has 0 saturated carbocycles. The van der Waals surface area contributed by atoms with Crippen molar-refractivity contribution in [3.63, 3.8) is 0 Å². The predicted molar refractivity (Wildman–Crippen MR) is 91.5 cm³/mol. The summed E-state index contributed by atoms with van der Waals surface area (Å²) in [6.07, 6.45) is 1.83. The number of hydrogen-bond donors (Lipinski definition) is 2. The summed E-state index contributed by atoms with van der Waals surface area (Å²) in [4.78, 5) is 12.0. The Labute approximate surface area is 136 Å². The first-order chi connectivity index (χ1) is 10.9. The van der Waals surface area contributed by atoms with Crippen LogP contribution < -0.4 is 10.6 Å². The highest BCUT2D eigenvalue weighted by Gasteiger charge is 2.14. The first-order valence-corrected chi connectivity index (χ1v) is 9.15. The van der Waals surface area contributed by atoms with Gasteiger partial charge in [0.15, 0.2) is 9.84 Å². The third-order valence-electron chi connectivity index (χ3n) is 3.32. The van der Waals surface area contributed by atoms with Gasteiger partial charge in [-0.05, 0) is 31.0 Å². The van der Waals surface area contributed by atoms with E-state index in [1.54, 1.807) is 18.2 Å². The van der Waals surface area contributed by atoms with E-state index in [4.69, 9.17) is 0 Å². The van der Waals surface area contributed by atoms with Gasteiger partial charge in [0.05, 0.1) is 10.6 Å². The molecule has 0 saturated heterocycles. The van der Waals surface area contributed by atoms with Gasteiger partial charge in [0, 0.05) is 12.8 Å². The number of para-hydroxylation sites is 1. The van der Waals surface area contributed by atoms with E-state index >= 15 is 0 Å². The second-order valence-electron chi connectivity index (χ2n) is 5.39. The van der Waals surface area contributed by atoms with Crippen molar-refractivity contribution in [2.75, 3.05) is 18.1 Å². The van der Waals surface area contributed by atoms with Gasteiger partial charge in [-0.2, -0.15) is 0 Å². The fraction of sp³-hybridized carbons (Fsp3) is 0.235. The largest absolute Gasteiger partial charge is 0.338 e. The molecule has 2 aromatic rings. The van der Waals surface area contributed by atoms with E-state index in [1.165, 1.54) is 11.6 Å². The number of aryl methyl sites for hydroxylation is 1. The Morgan fingerprint density at radius 2 is 1.83 bits per heavy atom. The molecule has 23 heavy (non-hydrogen) atoms. The zero-order valence-corrected chi connectivity index (χ0v) is 14.0. The minimum absolute atomic E-state index is 0.105. The molecule has 0 spiro atoms. The Kier molecular flexibility index (Phi) is 5.39. The van der Waals surface area contributed by atoms with Crippen molar-refractivity contribution in [2.24, 2.45) is 0 Å². The number of hydrogen-bond acceptors (Lipinski definition) is 3. The molecule has 0 aromatic heterocycles. The first-order valence-electron chi connectivity index (χ1n) is 7.26. The second-order valence-corrected chi connectivity index (χ2v) is 7.37. The van der Waals surface area contributed by atoms with Crippen LogP contribution in [-0.4, -0.2) is 27.2 Å². The minimum Gasteiger partial charge on any atom is -0.338 e. The summed E-state index contributed by atoms with van der Waals surface area (Å²) in [5.41, 5.74) is 2.60. The van der Waals surface area contributed by atoms with E-state index in [0.717, 1.165) is 11.8 Å². The molecule has 0 unspecified atom stereocenters. The maximum Gasteiger partial charge on any atom is 0.319 e. The summed E-state index contributed by atoms with van der Waals surface area (Å²) < 4.78 is 23.4. The quantitative estimate of drug-likeness (QED) is 0.884. The first kappa shape index (κ1) is 17.0. The van der Waals surface area contributed by atoms with Gasteiger partial charge in [-0.1, -0.05) is 42.0 Å². The molecular weight excluding hydrogens is 312 g/mol. The molecule has 0 atom stereocenters. The van der Waals surface area contributed by atoms with E-state index in [9.17, 15) is 13.2 Å². The lowest BCUT2D eigenvalue weighted by atomic mass is 10.1. The van der Waals surface area contributed by atoms with Crippen molar-refractivity contribution >= 4 is 21.6 Å². The van der Waals surface area contributed by atoms with Gasteiger partial charge in [-0.25, -0.2) is 13.2 Å². The number of rotatable bonds is 5. The van der Waals surface area contributed by atoms with Gasteiger partial charge in [-0.15, -0.1) is 0 Å². The highest BCUT2D eigenvalue weighted by atomic mass is 32.2. The van der Waals surface area contributed by atoms with Gasteiger partial charge in [-0.3, -0.25) is 0 Å². The lowest BCUT2D eigenvalue weighted by Crippen LogP contribution is -2.31. The van der Waals surface area contributed by atoms with Crippen LogP contribution in [0.1, 0.15) is 11.1 Å². The summed E-state index contributed by atoms with van der Waals surface area (Å²) in [6.45, 7) is 2.49. The van der Waals surface area contributed by atoms with Gasteiger partial charge in [0.1, 0.15) is 0 Å². The Morgan fingerprint density at radius 3 is 2.52 bits per heavy atom. The van der Waals surface area contributed by atoms with Crippen LogP contribution in [0.3, 0.4) is 0 Å². The van der Waals surface area contributed by atoms with Crippen LogP contribution in [0.5, 0.6) is 0 Å². The Morgan fingerprint density at radius 1 is 1.09 bits per heavy atom. The summed E-state index contributed by atoms with van der Waals surface area (Å²) in [5, 5.41) is 5.32. The van der Waals surface area contributed by atoms with Crippen LogP contribution in [0.2, 0.25) is 0 Å². The molecule has 0 aliphatic rings. The van der Waals surface area contributed by atoms with Crippen LogP contribution in [-0.2, 0) is 16.3 Å². The normalized spacial score (nSPS) is 11.0.